The first-order valence-corrected chi connectivity index (χ1v) is 8.42. The van der Waals surface area contributed by atoms with Crippen molar-refractivity contribution in [2.75, 3.05) is 26.8 Å². The predicted octanol–water partition coefficient (Wildman–Crippen LogP) is 3.10. The minimum absolute atomic E-state index is 0.140. The zero-order chi connectivity index (χ0) is 16.9. The molecule has 5 nitrogen and oxygen atoms in total. The Bertz CT molecular complexity index is 675. The highest BCUT2D eigenvalue weighted by Crippen LogP contribution is 2.34. The summed E-state index contributed by atoms with van der Waals surface area (Å²) in [6.45, 7) is 1.93. The fourth-order valence-corrected chi connectivity index (χ4v) is 2.97. The van der Waals surface area contributed by atoms with Crippen molar-refractivity contribution in [3.8, 4) is 11.6 Å². The minimum atomic E-state index is -0.568. The predicted molar refractivity (Wildman–Crippen MR) is 90.9 cm³/mol. The van der Waals surface area contributed by atoms with Gasteiger partial charge in [0, 0.05) is 19.2 Å². The third-order valence-corrected chi connectivity index (χ3v) is 4.33. The summed E-state index contributed by atoms with van der Waals surface area (Å²) in [5, 5.41) is 3.26. The smallest absolute Gasteiger partial charge is 0.213 e. The van der Waals surface area contributed by atoms with Crippen LogP contribution in [-0.4, -0.2) is 37.9 Å². The van der Waals surface area contributed by atoms with Crippen molar-refractivity contribution >= 4 is 15.9 Å². The highest BCUT2D eigenvalue weighted by atomic mass is 79.9. The topological polar surface area (TPSA) is 52.6 Å². The number of rotatable bonds is 5. The van der Waals surface area contributed by atoms with Gasteiger partial charge >= 0.3 is 0 Å². The van der Waals surface area contributed by atoms with Crippen LogP contribution < -0.4 is 14.8 Å². The van der Waals surface area contributed by atoms with Gasteiger partial charge in [0.1, 0.15) is 6.10 Å². The van der Waals surface area contributed by atoms with Crippen molar-refractivity contribution in [2.45, 2.75) is 12.2 Å². The molecule has 2 atom stereocenters. The molecule has 0 amide bonds. The monoisotopic (exact) mass is 396 g/mol. The average Bonchev–Trinajstić information content (AvgIpc) is 2.62. The van der Waals surface area contributed by atoms with Crippen molar-refractivity contribution < 1.29 is 18.6 Å². The van der Waals surface area contributed by atoms with E-state index in [1.165, 1.54) is 6.07 Å². The lowest BCUT2D eigenvalue weighted by Gasteiger charge is -2.31. The molecule has 3 rings (SSSR count). The molecule has 24 heavy (non-hydrogen) atoms. The normalized spacial score (nSPS) is 18.9. The van der Waals surface area contributed by atoms with E-state index in [2.05, 4.69) is 26.2 Å². The molecule has 1 unspecified atom stereocenters. The molecular formula is C17H18BrFN2O3. The van der Waals surface area contributed by atoms with Gasteiger partial charge < -0.3 is 19.5 Å². The molecule has 1 N–H and O–H groups in total. The van der Waals surface area contributed by atoms with Gasteiger partial charge in [0.2, 0.25) is 5.88 Å². The van der Waals surface area contributed by atoms with Crippen molar-refractivity contribution in [2.24, 2.45) is 0 Å². The van der Waals surface area contributed by atoms with Crippen LogP contribution in [0, 0.1) is 5.82 Å². The number of para-hydroxylation sites is 1. The molecule has 7 heteroatoms. The third kappa shape index (κ3) is 3.85. The molecule has 0 saturated carbocycles. The van der Waals surface area contributed by atoms with Gasteiger partial charge in [-0.15, -0.1) is 0 Å². The summed E-state index contributed by atoms with van der Waals surface area (Å²) < 4.78 is 31.7. The molecule has 1 saturated heterocycles. The number of pyridine rings is 1. The van der Waals surface area contributed by atoms with Crippen molar-refractivity contribution in [1.82, 2.24) is 10.3 Å². The summed E-state index contributed by atoms with van der Waals surface area (Å²) in [5.41, 5.74) is 0.623. The quantitative estimate of drug-likeness (QED) is 0.841. The third-order valence-electron chi connectivity index (χ3n) is 3.70. The number of nitrogens with zero attached hydrogens (tertiary/aromatic N) is 1. The van der Waals surface area contributed by atoms with E-state index in [-0.39, 0.29) is 11.9 Å². The fourth-order valence-electron chi connectivity index (χ4n) is 2.53. The zero-order valence-corrected chi connectivity index (χ0v) is 14.8. The van der Waals surface area contributed by atoms with Gasteiger partial charge in [-0.3, -0.25) is 0 Å². The second kappa shape index (κ2) is 7.92. The number of nitrogens with one attached hydrogen (secondary N) is 1. The SMILES string of the molecule is COc1cccc(C(Oc2c(F)cccc2Br)[C@@H]2CNCCO2)n1. The number of hydrogen-bond donors (Lipinski definition) is 1. The summed E-state index contributed by atoms with van der Waals surface area (Å²) in [6, 6.07) is 10.1. The van der Waals surface area contributed by atoms with E-state index in [0.29, 0.717) is 29.2 Å². The number of hydrogen-bond acceptors (Lipinski definition) is 5. The van der Waals surface area contributed by atoms with E-state index < -0.39 is 11.9 Å². The maximum atomic E-state index is 14.2. The number of halogens is 2. The number of ether oxygens (including phenoxy) is 3. The van der Waals surface area contributed by atoms with Gasteiger partial charge in [0.05, 0.1) is 23.9 Å². The molecule has 1 aromatic heterocycles. The van der Waals surface area contributed by atoms with E-state index in [9.17, 15) is 4.39 Å². The van der Waals surface area contributed by atoms with Crippen molar-refractivity contribution in [1.29, 1.82) is 0 Å². The van der Waals surface area contributed by atoms with Crippen LogP contribution in [0.2, 0.25) is 0 Å². The van der Waals surface area contributed by atoms with Gasteiger partial charge in [-0.25, -0.2) is 9.37 Å². The Morgan fingerprint density at radius 1 is 1.33 bits per heavy atom. The minimum Gasteiger partial charge on any atom is -0.481 e. The molecule has 2 aromatic rings. The summed E-state index contributed by atoms with van der Waals surface area (Å²) in [6.07, 6.45) is -0.856. The number of aromatic nitrogens is 1. The molecule has 1 aliphatic rings. The van der Waals surface area contributed by atoms with Crippen LogP contribution >= 0.6 is 15.9 Å². The lowest BCUT2D eigenvalue weighted by molar-refractivity contribution is -0.0460. The molecule has 1 aliphatic heterocycles. The van der Waals surface area contributed by atoms with Crippen LogP contribution in [0.4, 0.5) is 4.39 Å². The molecule has 1 fully saturated rings. The van der Waals surface area contributed by atoms with E-state index in [1.54, 1.807) is 25.3 Å². The second-order valence-electron chi connectivity index (χ2n) is 5.31. The molecule has 2 heterocycles. The molecule has 128 valence electrons. The first-order valence-electron chi connectivity index (χ1n) is 7.63. The van der Waals surface area contributed by atoms with Crippen molar-refractivity contribution in [3.05, 3.63) is 52.4 Å². The van der Waals surface area contributed by atoms with Crippen LogP contribution in [0.1, 0.15) is 11.8 Å². The summed E-state index contributed by atoms with van der Waals surface area (Å²) >= 11 is 3.33. The van der Waals surface area contributed by atoms with Crippen LogP contribution in [0.3, 0.4) is 0 Å². The standard InChI is InChI=1S/C17H18BrFN2O3/c1-22-15-7-3-6-13(21-15)17(14-10-20-8-9-23-14)24-16-11(18)4-2-5-12(16)19/h2-7,14,17,20H,8-10H2,1H3/t14-,17?/m0/s1. The second-order valence-corrected chi connectivity index (χ2v) is 6.16. The summed E-state index contributed by atoms with van der Waals surface area (Å²) in [5.74, 6) is 0.166. The Morgan fingerprint density at radius 3 is 2.88 bits per heavy atom. The fraction of sp³-hybridized carbons (Fsp3) is 0.353. The van der Waals surface area contributed by atoms with Gasteiger partial charge in [-0.05, 0) is 34.1 Å². The number of methoxy groups -OCH3 is 1. The van der Waals surface area contributed by atoms with Crippen LogP contribution in [-0.2, 0) is 4.74 Å². The zero-order valence-electron chi connectivity index (χ0n) is 13.2. The molecule has 1 aromatic carbocycles. The Hall–Kier alpha value is -1.70. The maximum absolute atomic E-state index is 14.2. The van der Waals surface area contributed by atoms with E-state index in [1.807, 2.05) is 12.1 Å². The first kappa shape index (κ1) is 17.1. The number of benzene rings is 1. The average molecular weight is 397 g/mol. The van der Waals surface area contributed by atoms with Crippen LogP contribution in [0.25, 0.3) is 0 Å². The Kier molecular flexibility index (Phi) is 5.65. The van der Waals surface area contributed by atoms with Gasteiger partial charge in [-0.2, -0.15) is 0 Å². The first-order chi connectivity index (χ1) is 11.7. The Labute approximate surface area is 148 Å². The Balaban J connectivity index is 1.95. The van der Waals surface area contributed by atoms with E-state index >= 15 is 0 Å². The molecule has 0 bridgehead atoms. The van der Waals surface area contributed by atoms with Crippen LogP contribution in [0.15, 0.2) is 40.9 Å². The Morgan fingerprint density at radius 2 is 2.17 bits per heavy atom. The van der Waals surface area contributed by atoms with Crippen molar-refractivity contribution in [3.63, 3.8) is 0 Å². The maximum Gasteiger partial charge on any atom is 0.213 e. The van der Waals surface area contributed by atoms with Gasteiger partial charge in [-0.1, -0.05) is 12.1 Å². The van der Waals surface area contributed by atoms with Gasteiger partial charge in [0.25, 0.3) is 0 Å². The molecule has 0 radical (unpaired) electrons. The van der Waals surface area contributed by atoms with E-state index in [4.69, 9.17) is 14.2 Å². The molecular weight excluding hydrogens is 379 g/mol. The largest absolute Gasteiger partial charge is 0.481 e. The van der Waals surface area contributed by atoms with Gasteiger partial charge in [0.15, 0.2) is 17.7 Å². The molecule has 0 spiro atoms. The number of morpholine rings is 1. The summed E-state index contributed by atoms with van der Waals surface area (Å²) in [4.78, 5) is 4.43. The van der Waals surface area contributed by atoms with Crippen LogP contribution in [0.5, 0.6) is 11.6 Å². The lowest BCUT2D eigenvalue weighted by Crippen LogP contribution is -2.43. The summed E-state index contributed by atoms with van der Waals surface area (Å²) in [7, 11) is 1.55. The highest BCUT2D eigenvalue weighted by Gasteiger charge is 2.30. The lowest BCUT2D eigenvalue weighted by atomic mass is 10.1. The molecule has 0 aliphatic carbocycles. The highest BCUT2D eigenvalue weighted by molar-refractivity contribution is 9.10. The van der Waals surface area contributed by atoms with E-state index in [0.717, 1.165) is 6.54 Å².